The monoisotopic (exact) mass is 350 g/mol. The van der Waals surface area contributed by atoms with E-state index in [1.165, 1.54) is 25.3 Å². The fourth-order valence-electron chi connectivity index (χ4n) is 2.07. The van der Waals surface area contributed by atoms with Crippen molar-refractivity contribution in [2.75, 3.05) is 19.0 Å². The summed E-state index contributed by atoms with van der Waals surface area (Å²) in [6.45, 7) is 2.05. The van der Waals surface area contributed by atoms with Crippen LogP contribution >= 0.6 is 11.6 Å². The zero-order chi connectivity index (χ0) is 17.7. The lowest BCUT2D eigenvalue weighted by Crippen LogP contribution is -2.14. The van der Waals surface area contributed by atoms with E-state index in [0.29, 0.717) is 17.3 Å². The number of anilines is 1. The third-order valence-electron chi connectivity index (χ3n) is 3.11. The lowest BCUT2D eigenvalue weighted by molar-refractivity contribution is -0.385. The van der Waals surface area contributed by atoms with Crippen molar-refractivity contribution in [1.29, 1.82) is 0 Å². The molecular formula is C16H15ClN2O5. The molecule has 0 atom stereocenters. The molecule has 0 radical (unpaired) electrons. The molecule has 2 aromatic rings. The number of carbonyl (C=O) groups excluding carboxylic acids is 1. The molecule has 0 saturated heterocycles. The number of nitro benzene ring substituents is 1. The number of ether oxygens (including phenoxy) is 2. The second-order valence-corrected chi connectivity index (χ2v) is 5.11. The van der Waals surface area contributed by atoms with E-state index < -0.39 is 10.8 Å². The van der Waals surface area contributed by atoms with Gasteiger partial charge >= 0.3 is 0 Å². The van der Waals surface area contributed by atoms with Gasteiger partial charge in [0.25, 0.3) is 11.6 Å². The topological polar surface area (TPSA) is 90.7 Å². The molecule has 0 aromatic heterocycles. The Kier molecular flexibility index (Phi) is 5.59. The van der Waals surface area contributed by atoms with Gasteiger partial charge in [-0.3, -0.25) is 14.9 Å². The third-order valence-corrected chi connectivity index (χ3v) is 3.34. The maximum Gasteiger partial charge on any atom is 0.286 e. The van der Waals surface area contributed by atoms with Gasteiger partial charge in [0.1, 0.15) is 5.56 Å². The molecule has 1 amide bonds. The van der Waals surface area contributed by atoms with Gasteiger partial charge in [0.05, 0.1) is 24.7 Å². The summed E-state index contributed by atoms with van der Waals surface area (Å²) in [6.07, 6.45) is 0. The second kappa shape index (κ2) is 7.65. The summed E-state index contributed by atoms with van der Waals surface area (Å²) in [5.74, 6) is -0.213. The molecule has 0 aliphatic rings. The standard InChI is InChI=1S/C16H15ClN2O5/c1-3-24-15-9-13(19(21)22)12(8-14(15)23-2)16(20)18-11-6-4-5-10(17)7-11/h4-9H,3H2,1-2H3,(H,18,20). The molecular weight excluding hydrogens is 336 g/mol. The molecule has 0 fully saturated rings. The number of hydrogen-bond donors (Lipinski definition) is 1. The van der Waals surface area contributed by atoms with Gasteiger partial charge in [0, 0.05) is 16.8 Å². The van der Waals surface area contributed by atoms with Crippen LogP contribution in [0.5, 0.6) is 11.5 Å². The molecule has 0 aliphatic heterocycles. The summed E-state index contributed by atoms with van der Waals surface area (Å²) in [5.41, 5.74) is -0.0892. The van der Waals surface area contributed by atoms with Crippen molar-refractivity contribution in [1.82, 2.24) is 0 Å². The summed E-state index contributed by atoms with van der Waals surface area (Å²) in [5, 5.41) is 14.3. The molecule has 24 heavy (non-hydrogen) atoms. The number of methoxy groups -OCH3 is 1. The van der Waals surface area contributed by atoms with Crippen LogP contribution in [0.3, 0.4) is 0 Å². The first-order chi connectivity index (χ1) is 11.5. The number of carbonyl (C=O) groups is 1. The zero-order valence-corrected chi connectivity index (χ0v) is 13.8. The molecule has 0 spiro atoms. The SMILES string of the molecule is CCOc1cc([N+](=O)[O-])c(C(=O)Nc2cccc(Cl)c2)cc1OC. The Morgan fingerprint density at radius 3 is 2.62 bits per heavy atom. The second-order valence-electron chi connectivity index (χ2n) is 4.67. The van der Waals surface area contributed by atoms with Gasteiger partial charge in [0.15, 0.2) is 11.5 Å². The van der Waals surface area contributed by atoms with Gasteiger partial charge in [-0.1, -0.05) is 17.7 Å². The molecule has 0 heterocycles. The van der Waals surface area contributed by atoms with Crippen LogP contribution in [-0.2, 0) is 0 Å². The van der Waals surface area contributed by atoms with E-state index in [2.05, 4.69) is 5.32 Å². The summed E-state index contributed by atoms with van der Waals surface area (Å²) in [7, 11) is 1.39. The van der Waals surface area contributed by atoms with E-state index in [9.17, 15) is 14.9 Å². The number of nitro groups is 1. The van der Waals surface area contributed by atoms with Gasteiger partial charge in [-0.15, -0.1) is 0 Å². The average molecular weight is 351 g/mol. The van der Waals surface area contributed by atoms with E-state index >= 15 is 0 Å². The highest BCUT2D eigenvalue weighted by Crippen LogP contribution is 2.35. The number of rotatable bonds is 6. The van der Waals surface area contributed by atoms with E-state index in [1.54, 1.807) is 25.1 Å². The Hall–Kier alpha value is -2.80. The quantitative estimate of drug-likeness (QED) is 0.630. The van der Waals surface area contributed by atoms with Crippen LogP contribution in [-0.4, -0.2) is 24.5 Å². The molecule has 2 aromatic carbocycles. The largest absolute Gasteiger partial charge is 0.493 e. The van der Waals surface area contributed by atoms with Gasteiger partial charge in [0.2, 0.25) is 0 Å². The van der Waals surface area contributed by atoms with Crippen LogP contribution in [0.25, 0.3) is 0 Å². The van der Waals surface area contributed by atoms with Gasteiger partial charge in [-0.25, -0.2) is 0 Å². The summed E-state index contributed by atoms with van der Waals surface area (Å²) in [4.78, 5) is 23.1. The first-order valence-electron chi connectivity index (χ1n) is 7.02. The predicted molar refractivity (Wildman–Crippen MR) is 90.2 cm³/mol. The number of nitrogens with zero attached hydrogens (tertiary/aromatic N) is 1. The van der Waals surface area contributed by atoms with Crippen molar-refractivity contribution in [2.45, 2.75) is 6.92 Å². The number of benzene rings is 2. The lowest BCUT2D eigenvalue weighted by atomic mass is 10.1. The molecule has 7 nitrogen and oxygen atoms in total. The molecule has 8 heteroatoms. The van der Waals surface area contributed by atoms with Gasteiger partial charge < -0.3 is 14.8 Å². The molecule has 0 saturated carbocycles. The van der Waals surface area contributed by atoms with Crippen LogP contribution in [0.4, 0.5) is 11.4 Å². The molecule has 1 N–H and O–H groups in total. The minimum Gasteiger partial charge on any atom is -0.493 e. The highest BCUT2D eigenvalue weighted by atomic mass is 35.5. The van der Waals surface area contributed by atoms with Crippen molar-refractivity contribution < 1.29 is 19.2 Å². The van der Waals surface area contributed by atoms with Crippen molar-refractivity contribution in [3.8, 4) is 11.5 Å². The number of halogens is 1. The maximum atomic E-state index is 12.4. The fourth-order valence-corrected chi connectivity index (χ4v) is 2.26. The minimum atomic E-state index is -0.648. The normalized spacial score (nSPS) is 10.1. The van der Waals surface area contributed by atoms with Crippen LogP contribution in [0.1, 0.15) is 17.3 Å². The van der Waals surface area contributed by atoms with Crippen molar-refractivity contribution in [3.05, 3.63) is 57.1 Å². The van der Waals surface area contributed by atoms with Crippen LogP contribution in [0, 0.1) is 10.1 Å². The van der Waals surface area contributed by atoms with Crippen LogP contribution < -0.4 is 14.8 Å². The number of amides is 1. The average Bonchev–Trinajstić information content (AvgIpc) is 2.54. The van der Waals surface area contributed by atoms with E-state index in [1.807, 2.05) is 0 Å². The van der Waals surface area contributed by atoms with Crippen molar-refractivity contribution in [3.63, 3.8) is 0 Å². The van der Waals surface area contributed by atoms with Crippen molar-refractivity contribution >= 4 is 28.9 Å². The van der Waals surface area contributed by atoms with E-state index in [0.717, 1.165) is 0 Å². The Labute approximate surface area is 143 Å². The molecule has 0 bridgehead atoms. The summed E-state index contributed by atoms with van der Waals surface area (Å²) >= 11 is 5.86. The Balaban J connectivity index is 2.43. The molecule has 126 valence electrons. The zero-order valence-electron chi connectivity index (χ0n) is 13.0. The molecule has 2 rings (SSSR count). The van der Waals surface area contributed by atoms with Gasteiger partial charge in [-0.05, 0) is 25.1 Å². The van der Waals surface area contributed by atoms with Crippen LogP contribution in [0.2, 0.25) is 5.02 Å². The summed E-state index contributed by atoms with van der Waals surface area (Å²) in [6, 6.07) is 8.93. The molecule has 0 aliphatic carbocycles. The predicted octanol–water partition coefficient (Wildman–Crippen LogP) is 3.91. The number of hydrogen-bond acceptors (Lipinski definition) is 5. The Morgan fingerprint density at radius 1 is 1.29 bits per heavy atom. The first kappa shape index (κ1) is 17.6. The van der Waals surface area contributed by atoms with Gasteiger partial charge in [-0.2, -0.15) is 0 Å². The first-order valence-corrected chi connectivity index (χ1v) is 7.40. The fraction of sp³-hybridized carbons (Fsp3) is 0.188. The summed E-state index contributed by atoms with van der Waals surface area (Å²) < 4.78 is 10.5. The lowest BCUT2D eigenvalue weighted by Gasteiger charge is -2.12. The maximum absolute atomic E-state index is 12.4. The van der Waals surface area contributed by atoms with E-state index in [-0.39, 0.29) is 22.7 Å². The Bertz CT molecular complexity index is 779. The Morgan fingerprint density at radius 2 is 2.04 bits per heavy atom. The van der Waals surface area contributed by atoms with E-state index in [4.69, 9.17) is 21.1 Å². The minimum absolute atomic E-state index is 0.139. The highest BCUT2D eigenvalue weighted by Gasteiger charge is 2.24. The third kappa shape index (κ3) is 3.94. The number of nitrogens with one attached hydrogen (secondary N) is 1. The highest BCUT2D eigenvalue weighted by molar-refractivity contribution is 6.31. The smallest absolute Gasteiger partial charge is 0.286 e. The molecule has 0 unspecified atom stereocenters. The van der Waals surface area contributed by atoms with Crippen LogP contribution in [0.15, 0.2) is 36.4 Å². The van der Waals surface area contributed by atoms with Crippen molar-refractivity contribution in [2.24, 2.45) is 0 Å².